The fraction of sp³-hybridized carbons (Fsp3) is 0.706. The molecule has 2 aromatic heterocycles. The summed E-state index contributed by atoms with van der Waals surface area (Å²) in [5.41, 5.74) is 0.311. The predicted octanol–water partition coefficient (Wildman–Crippen LogP) is 0.164. The quantitative estimate of drug-likeness (QED) is 0.768. The van der Waals surface area contributed by atoms with Crippen molar-refractivity contribution < 1.29 is 5.11 Å². The molecule has 0 aliphatic rings. The van der Waals surface area contributed by atoms with Gasteiger partial charge in [0, 0.05) is 33.7 Å². The van der Waals surface area contributed by atoms with Crippen LogP contribution in [0.4, 0.5) is 0 Å². The number of rotatable bonds is 7. The maximum Gasteiger partial charge on any atom is 0.332 e. The Hall–Kier alpha value is -1.93. The van der Waals surface area contributed by atoms with Gasteiger partial charge in [0.25, 0.3) is 5.56 Å². The van der Waals surface area contributed by atoms with Crippen molar-refractivity contribution >= 4 is 11.2 Å². The molecule has 2 rings (SSSR count). The maximum absolute atomic E-state index is 12.6. The Kier molecular flexibility index (Phi) is 5.84. The van der Waals surface area contributed by atoms with Gasteiger partial charge in [-0.3, -0.25) is 13.9 Å². The molecular weight excluding hydrogens is 322 g/mol. The Bertz CT molecular complexity index is 841. The lowest BCUT2D eigenvalue weighted by molar-refractivity contribution is 0.149. The van der Waals surface area contributed by atoms with E-state index in [9.17, 15) is 14.7 Å². The monoisotopic (exact) mass is 351 g/mol. The van der Waals surface area contributed by atoms with E-state index in [4.69, 9.17) is 0 Å². The van der Waals surface area contributed by atoms with Gasteiger partial charge in [-0.1, -0.05) is 20.8 Å². The highest BCUT2D eigenvalue weighted by molar-refractivity contribution is 5.69. The molecule has 8 nitrogen and oxygen atoms in total. The van der Waals surface area contributed by atoms with Gasteiger partial charge in [0.2, 0.25) is 0 Å². The molecule has 140 valence electrons. The van der Waals surface area contributed by atoms with Gasteiger partial charge in [0.1, 0.15) is 0 Å². The topological polar surface area (TPSA) is 85.3 Å². The first-order chi connectivity index (χ1) is 11.7. The van der Waals surface area contributed by atoms with Gasteiger partial charge in [-0.15, -0.1) is 0 Å². The molecule has 25 heavy (non-hydrogen) atoms. The Labute approximate surface area is 147 Å². The largest absolute Gasteiger partial charge is 0.395 e. The van der Waals surface area contributed by atoms with E-state index in [0.717, 1.165) is 13.1 Å². The van der Waals surface area contributed by atoms with Gasteiger partial charge in [-0.25, -0.2) is 9.78 Å². The van der Waals surface area contributed by atoms with E-state index < -0.39 is 0 Å². The standard InChI is InChI=1S/C17H29N5O3/c1-17(2,3)11-21(9-10-23)7-6-8-22-15(24)13-14(18-12-19(13)4)20(5)16(22)25/h12,23H,6-11H2,1-5H3. The third kappa shape index (κ3) is 4.38. The third-order valence-electron chi connectivity index (χ3n) is 4.17. The van der Waals surface area contributed by atoms with Crippen molar-refractivity contribution in [2.45, 2.75) is 33.7 Å². The molecule has 0 fully saturated rings. The van der Waals surface area contributed by atoms with Crippen molar-refractivity contribution in [1.82, 2.24) is 23.6 Å². The lowest BCUT2D eigenvalue weighted by Gasteiger charge is -2.29. The second-order valence-corrected chi connectivity index (χ2v) is 7.74. The molecule has 2 heterocycles. The number of aliphatic hydroxyl groups is 1. The van der Waals surface area contributed by atoms with Crippen molar-refractivity contribution in [1.29, 1.82) is 0 Å². The molecule has 0 aromatic carbocycles. The molecular formula is C17H29N5O3. The molecule has 0 radical (unpaired) electrons. The number of nitrogens with zero attached hydrogens (tertiary/aromatic N) is 5. The molecule has 0 atom stereocenters. The van der Waals surface area contributed by atoms with Crippen LogP contribution in [-0.2, 0) is 20.6 Å². The van der Waals surface area contributed by atoms with Crippen LogP contribution in [0.1, 0.15) is 27.2 Å². The summed E-state index contributed by atoms with van der Waals surface area (Å²) in [7, 11) is 3.38. The summed E-state index contributed by atoms with van der Waals surface area (Å²) in [5, 5.41) is 9.24. The average molecular weight is 351 g/mol. The van der Waals surface area contributed by atoms with E-state index in [1.165, 1.54) is 9.13 Å². The van der Waals surface area contributed by atoms with Gasteiger partial charge in [-0.05, 0) is 18.4 Å². The first-order valence-corrected chi connectivity index (χ1v) is 8.60. The van der Waals surface area contributed by atoms with Crippen LogP contribution in [0.15, 0.2) is 15.9 Å². The molecule has 0 aliphatic heterocycles. The molecule has 0 aliphatic carbocycles. The molecule has 2 aromatic rings. The summed E-state index contributed by atoms with van der Waals surface area (Å²) >= 11 is 0. The van der Waals surface area contributed by atoms with Crippen LogP contribution in [0, 0.1) is 5.41 Å². The maximum atomic E-state index is 12.6. The second-order valence-electron chi connectivity index (χ2n) is 7.74. The van der Waals surface area contributed by atoms with Crippen molar-refractivity contribution in [3.63, 3.8) is 0 Å². The molecule has 0 saturated heterocycles. The zero-order chi connectivity index (χ0) is 18.8. The van der Waals surface area contributed by atoms with Gasteiger partial charge in [0.15, 0.2) is 11.2 Å². The van der Waals surface area contributed by atoms with E-state index in [0.29, 0.717) is 30.7 Å². The number of imidazole rings is 1. The highest BCUT2D eigenvalue weighted by atomic mass is 16.3. The number of aromatic nitrogens is 4. The number of fused-ring (bicyclic) bond motifs is 1. The van der Waals surface area contributed by atoms with Crippen molar-refractivity contribution in [3.8, 4) is 0 Å². The number of hydrogen-bond acceptors (Lipinski definition) is 5. The lowest BCUT2D eigenvalue weighted by Crippen LogP contribution is -2.41. The lowest BCUT2D eigenvalue weighted by atomic mass is 9.96. The number of hydrogen-bond donors (Lipinski definition) is 1. The minimum Gasteiger partial charge on any atom is -0.395 e. The molecule has 0 saturated carbocycles. The van der Waals surface area contributed by atoms with Crippen LogP contribution in [0.25, 0.3) is 11.2 Å². The van der Waals surface area contributed by atoms with Gasteiger partial charge in [-0.2, -0.15) is 0 Å². The minimum absolute atomic E-state index is 0.0960. The predicted molar refractivity (Wildman–Crippen MR) is 97.8 cm³/mol. The van der Waals surface area contributed by atoms with Crippen molar-refractivity contribution in [2.24, 2.45) is 19.5 Å². The fourth-order valence-electron chi connectivity index (χ4n) is 3.13. The summed E-state index contributed by atoms with van der Waals surface area (Å²) in [6.07, 6.45) is 2.21. The smallest absolute Gasteiger partial charge is 0.332 e. The van der Waals surface area contributed by atoms with Crippen LogP contribution >= 0.6 is 0 Å². The third-order valence-corrected chi connectivity index (χ3v) is 4.17. The summed E-state index contributed by atoms with van der Waals surface area (Å²) in [5.74, 6) is 0. The number of aryl methyl sites for hydroxylation is 2. The molecule has 0 amide bonds. The van der Waals surface area contributed by atoms with Crippen LogP contribution in [0.5, 0.6) is 0 Å². The van der Waals surface area contributed by atoms with Gasteiger partial charge in [0.05, 0.1) is 12.9 Å². The zero-order valence-corrected chi connectivity index (χ0v) is 15.8. The van der Waals surface area contributed by atoms with Gasteiger partial charge >= 0.3 is 5.69 Å². The molecule has 0 unspecified atom stereocenters. The zero-order valence-electron chi connectivity index (χ0n) is 15.8. The summed E-state index contributed by atoms with van der Waals surface area (Å²) in [6, 6.07) is 0. The Morgan fingerprint density at radius 3 is 2.48 bits per heavy atom. The average Bonchev–Trinajstić information content (AvgIpc) is 2.89. The highest BCUT2D eigenvalue weighted by Crippen LogP contribution is 2.15. The van der Waals surface area contributed by atoms with Crippen LogP contribution in [-0.4, -0.2) is 54.9 Å². The van der Waals surface area contributed by atoms with Crippen LogP contribution < -0.4 is 11.2 Å². The van der Waals surface area contributed by atoms with Crippen molar-refractivity contribution in [2.75, 3.05) is 26.2 Å². The highest BCUT2D eigenvalue weighted by Gasteiger charge is 2.17. The van der Waals surface area contributed by atoms with E-state index in [1.54, 1.807) is 25.0 Å². The Morgan fingerprint density at radius 2 is 1.88 bits per heavy atom. The first kappa shape index (κ1) is 19.4. The van der Waals surface area contributed by atoms with Crippen LogP contribution in [0.3, 0.4) is 0 Å². The molecule has 1 N–H and O–H groups in total. The van der Waals surface area contributed by atoms with Crippen molar-refractivity contribution in [3.05, 3.63) is 27.2 Å². The Morgan fingerprint density at radius 1 is 1.20 bits per heavy atom. The van der Waals surface area contributed by atoms with Crippen LogP contribution in [0.2, 0.25) is 0 Å². The summed E-state index contributed by atoms with van der Waals surface area (Å²) in [4.78, 5) is 31.4. The van der Waals surface area contributed by atoms with E-state index >= 15 is 0 Å². The Balaban J connectivity index is 2.19. The number of aliphatic hydroxyl groups excluding tert-OH is 1. The second kappa shape index (κ2) is 7.53. The molecule has 8 heteroatoms. The molecule has 0 spiro atoms. The minimum atomic E-state index is -0.347. The fourth-order valence-corrected chi connectivity index (χ4v) is 3.13. The first-order valence-electron chi connectivity index (χ1n) is 8.60. The van der Waals surface area contributed by atoms with E-state index in [1.807, 2.05) is 0 Å². The SMILES string of the molecule is Cn1cnc2c1c(=O)n(CCCN(CCO)CC(C)(C)C)c(=O)n2C. The summed E-state index contributed by atoms with van der Waals surface area (Å²) in [6.45, 7) is 9.04. The van der Waals surface area contributed by atoms with E-state index in [2.05, 4.69) is 30.7 Å². The normalized spacial score (nSPS) is 12.4. The summed E-state index contributed by atoms with van der Waals surface area (Å²) < 4.78 is 4.33. The molecule has 0 bridgehead atoms. The van der Waals surface area contributed by atoms with E-state index in [-0.39, 0.29) is 23.3 Å². The van der Waals surface area contributed by atoms with Gasteiger partial charge < -0.3 is 14.6 Å².